The van der Waals surface area contributed by atoms with Gasteiger partial charge in [-0.25, -0.2) is 0 Å². The molecule has 98 valence electrons. The van der Waals surface area contributed by atoms with Crippen molar-refractivity contribution < 1.29 is 0 Å². The van der Waals surface area contributed by atoms with Gasteiger partial charge in [0.05, 0.1) is 0 Å². The lowest BCUT2D eigenvalue weighted by Gasteiger charge is -2.07. The fourth-order valence-corrected chi connectivity index (χ4v) is 2.84. The van der Waals surface area contributed by atoms with E-state index in [-0.39, 0.29) is 0 Å². The van der Waals surface area contributed by atoms with Crippen LogP contribution in [0.1, 0.15) is 18.9 Å². The number of benzene rings is 1. The van der Waals surface area contributed by atoms with Crippen LogP contribution in [0.25, 0.3) is 10.9 Å². The van der Waals surface area contributed by atoms with Crippen LogP contribution in [0.5, 0.6) is 0 Å². The minimum Gasteiger partial charge on any atom is -0.347 e. The summed E-state index contributed by atoms with van der Waals surface area (Å²) in [6, 6.07) is 8.94. The summed E-state index contributed by atoms with van der Waals surface area (Å²) in [7, 11) is 1.99. The molecule has 2 nitrogen and oxygen atoms in total. The van der Waals surface area contributed by atoms with Gasteiger partial charge in [-0.1, -0.05) is 19.1 Å². The van der Waals surface area contributed by atoms with Crippen LogP contribution in [0, 0.1) is 0 Å². The number of nitrogens with one attached hydrogen (secondary N) is 1. The van der Waals surface area contributed by atoms with Gasteiger partial charge >= 0.3 is 0 Å². The minimum atomic E-state index is 0.937. The highest BCUT2D eigenvalue weighted by molar-refractivity contribution is 7.99. The van der Waals surface area contributed by atoms with Crippen molar-refractivity contribution in [2.45, 2.75) is 26.4 Å². The average molecular weight is 262 g/mol. The van der Waals surface area contributed by atoms with Gasteiger partial charge in [0, 0.05) is 24.8 Å². The zero-order valence-corrected chi connectivity index (χ0v) is 12.1. The quantitative estimate of drug-likeness (QED) is 0.769. The van der Waals surface area contributed by atoms with E-state index in [4.69, 9.17) is 0 Å². The van der Waals surface area contributed by atoms with E-state index < -0.39 is 0 Å². The molecule has 0 atom stereocenters. The summed E-state index contributed by atoms with van der Waals surface area (Å²) >= 11 is 2.02. The molecule has 0 saturated heterocycles. The lowest BCUT2D eigenvalue weighted by Crippen LogP contribution is -2.05. The Bertz CT molecular complexity index is 490. The normalized spacial score (nSPS) is 11.2. The zero-order chi connectivity index (χ0) is 12.8. The molecule has 1 N–H and O–H groups in total. The molecule has 0 aliphatic carbocycles. The Kier molecular flexibility index (Phi) is 5.14. The summed E-state index contributed by atoms with van der Waals surface area (Å²) < 4.78 is 2.38. The molecule has 0 fully saturated rings. The molecule has 2 aromatic rings. The third-order valence-electron chi connectivity index (χ3n) is 3.11. The SMILES string of the molecule is CCSCCCn1ccc2ccc(CNC)cc21. The van der Waals surface area contributed by atoms with Crippen LogP contribution >= 0.6 is 11.8 Å². The fraction of sp³-hybridized carbons (Fsp3) is 0.467. The summed E-state index contributed by atoms with van der Waals surface area (Å²) in [6.07, 6.45) is 3.46. The predicted octanol–water partition coefficient (Wildman–Crippen LogP) is 3.50. The molecule has 0 unspecified atom stereocenters. The van der Waals surface area contributed by atoms with E-state index in [2.05, 4.69) is 47.3 Å². The Balaban J connectivity index is 2.09. The number of aryl methyl sites for hydroxylation is 1. The smallest absolute Gasteiger partial charge is 0.0483 e. The molecule has 1 aromatic carbocycles. The fourth-order valence-electron chi connectivity index (χ4n) is 2.22. The monoisotopic (exact) mass is 262 g/mol. The Morgan fingerprint density at radius 3 is 2.94 bits per heavy atom. The molecular weight excluding hydrogens is 240 g/mol. The molecule has 0 bridgehead atoms. The van der Waals surface area contributed by atoms with Crippen LogP contribution in [0.3, 0.4) is 0 Å². The first-order chi connectivity index (χ1) is 8.85. The summed E-state index contributed by atoms with van der Waals surface area (Å²) in [5.41, 5.74) is 2.72. The van der Waals surface area contributed by atoms with Gasteiger partial charge in [-0.15, -0.1) is 0 Å². The summed E-state index contributed by atoms with van der Waals surface area (Å²) in [5, 5.41) is 4.55. The molecule has 0 saturated carbocycles. The first kappa shape index (κ1) is 13.5. The third-order valence-corrected chi connectivity index (χ3v) is 4.10. The molecule has 0 radical (unpaired) electrons. The lowest BCUT2D eigenvalue weighted by molar-refractivity contribution is 0.708. The lowest BCUT2D eigenvalue weighted by atomic mass is 10.1. The van der Waals surface area contributed by atoms with Gasteiger partial charge in [0.15, 0.2) is 0 Å². The molecule has 1 aromatic heterocycles. The van der Waals surface area contributed by atoms with Crippen molar-refractivity contribution in [2.24, 2.45) is 0 Å². The molecule has 18 heavy (non-hydrogen) atoms. The topological polar surface area (TPSA) is 17.0 Å². The third kappa shape index (κ3) is 3.30. The van der Waals surface area contributed by atoms with Crippen molar-refractivity contribution in [3.8, 4) is 0 Å². The average Bonchev–Trinajstić information content (AvgIpc) is 2.78. The minimum absolute atomic E-state index is 0.937. The van der Waals surface area contributed by atoms with Gasteiger partial charge in [-0.2, -0.15) is 11.8 Å². The van der Waals surface area contributed by atoms with E-state index in [0.29, 0.717) is 0 Å². The predicted molar refractivity (Wildman–Crippen MR) is 82.3 cm³/mol. The van der Waals surface area contributed by atoms with Crippen molar-refractivity contribution in [3.63, 3.8) is 0 Å². The van der Waals surface area contributed by atoms with E-state index in [1.54, 1.807) is 0 Å². The van der Waals surface area contributed by atoms with Crippen LogP contribution < -0.4 is 5.32 Å². The second kappa shape index (κ2) is 6.86. The summed E-state index contributed by atoms with van der Waals surface area (Å²) in [6.45, 7) is 4.28. The maximum Gasteiger partial charge on any atom is 0.0483 e. The van der Waals surface area contributed by atoms with Crippen molar-refractivity contribution in [1.82, 2.24) is 9.88 Å². The van der Waals surface area contributed by atoms with E-state index in [0.717, 1.165) is 13.1 Å². The van der Waals surface area contributed by atoms with Gasteiger partial charge in [-0.3, -0.25) is 0 Å². The molecule has 0 amide bonds. The molecule has 0 aliphatic heterocycles. The van der Waals surface area contributed by atoms with Crippen molar-refractivity contribution >= 4 is 22.7 Å². The van der Waals surface area contributed by atoms with E-state index in [1.807, 2.05) is 18.8 Å². The highest BCUT2D eigenvalue weighted by Crippen LogP contribution is 2.18. The second-order valence-corrected chi connectivity index (χ2v) is 5.88. The van der Waals surface area contributed by atoms with Crippen LogP contribution in [0.2, 0.25) is 0 Å². The molecule has 0 aliphatic rings. The van der Waals surface area contributed by atoms with Gasteiger partial charge in [-0.05, 0) is 48.1 Å². The van der Waals surface area contributed by atoms with Crippen LogP contribution in [-0.4, -0.2) is 23.1 Å². The van der Waals surface area contributed by atoms with E-state index >= 15 is 0 Å². The first-order valence-corrected chi connectivity index (χ1v) is 7.80. The molecule has 0 spiro atoms. The summed E-state index contributed by atoms with van der Waals surface area (Å²) in [4.78, 5) is 0. The zero-order valence-electron chi connectivity index (χ0n) is 11.3. The van der Waals surface area contributed by atoms with Gasteiger partial charge in [0.25, 0.3) is 0 Å². The molecule has 3 heteroatoms. The molecule has 1 heterocycles. The van der Waals surface area contributed by atoms with Crippen LogP contribution in [0.4, 0.5) is 0 Å². The number of nitrogens with zero attached hydrogens (tertiary/aromatic N) is 1. The number of aromatic nitrogens is 1. The number of hydrogen-bond donors (Lipinski definition) is 1. The standard InChI is InChI=1S/C15H22N2S/c1-3-18-10-4-8-17-9-7-14-6-5-13(12-16-2)11-15(14)17/h5-7,9,11,16H,3-4,8,10,12H2,1-2H3. The van der Waals surface area contributed by atoms with Gasteiger partial charge in [0.1, 0.15) is 0 Å². The van der Waals surface area contributed by atoms with E-state index in [1.165, 1.54) is 34.4 Å². The Morgan fingerprint density at radius 2 is 2.17 bits per heavy atom. The maximum absolute atomic E-state index is 3.21. The highest BCUT2D eigenvalue weighted by atomic mass is 32.2. The summed E-state index contributed by atoms with van der Waals surface area (Å²) in [5.74, 6) is 2.48. The van der Waals surface area contributed by atoms with Crippen molar-refractivity contribution in [2.75, 3.05) is 18.6 Å². The number of rotatable bonds is 7. The second-order valence-electron chi connectivity index (χ2n) is 4.48. The number of thioether (sulfide) groups is 1. The van der Waals surface area contributed by atoms with Crippen molar-refractivity contribution in [3.05, 3.63) is 36.0 Å². The van der Waals surface area contributed by atoms with Gasteiger partial charge in [0.2, 0.25) is 0 Å². The molecular formula is C15H22N2S. The van der Waals surface area contributed by atoms with Crippen molar-refractivity contribution in [1.29, 1.82) is 0 Å². The Labute approximate surface area is 114 Å². The number of hydrogen-bond acceptors (Lipinski definition) is 2. The van der Waals surface area contributed by atoms with E-state index in [9.17, 15) is 0 Å². The van der Waals surface area contributed by atoms with Gasteiger partial charge < -0.3 is 9.88 Å². The van der Waals surface area contributed by atoms with Crippen LogP contribution in [-0.2, 0) is 13.1 Å². The van der Waals surface area contributed by atoms with Crippen LogP contribution in [0.15, 0.2) is 30.5 Å². The number of fused-ring (bicyclic) bond motifs is 1. The Morgan fingerprint density at radius 1 is 1.28 bits per heavy atom. The first-order valence-electron chi connectivity index (χ1n) is 6.65. The highest BCUT2D eigenvalue weighted by Gasteiger charge is 2.02. The largest absolute Gasteiger partial charge is 0.347 e. The maximum atomic E-state index is 3.21. The molecule has 2 rings (SSSR count). The Hall–Kier alpha value is -0.930.